The van der Waals surface area contributed by atoms with Gasteiger partial charge in [0.15, 0.2) is 5.82 Å². The number of rotatable bonds is 2. The summed E-state index contributed by atoms with van der Waals surface area (Å²) in [4.78, 5) is 19.7. The summed E-state index contributed by atoms with van der Waals surface area (Å²) in [5.74, 6) is -0.400. The fourth-order valence-electron chi connectivity index (χ4n) is 2.51. The fourth-order valence-corrected chi connectivity index (χ4v) is 2.51. The molecule has 2 heterocycles. The molecule has 0 aliphatic carbocycles. The number of likely N-dealkylation sites (N-methyl/N-ethyl adjacent to an activating group) is 1. The molecule has 1 fully saturated rings. The van der Waals surface area contributed by atoms with E-state index in [0.29, 0.717) is 25.0 Å². The van der Waals surface area contributed by atoms with Crippen molar-refractivity contribution in [2.45, 2.75) is 13.0 Å². The zero-order chi connectivity index (χ0) is 13.3. The van der Waals surface area contributed by atoms with Gasteiger partial charge in [0.25, 0.3) is 5.91 Å². The zero-order valence-electron chi connectivity index (χ0n) is 10.9. The first-order chi connectivity index (χ1) is 8.50. The van der Waals surface area contributed by atoms with E-state index in [2.05, 4.69) is 16.8 Å². The topological polar surface area (TPSA) is 36.4 Å². The van der Waals surface area contributed by atoms with E-state index in [4.69, 9.17) is 0 Å². The lowest BCUT2D eigenvalue weighted by Gasteiger charge is -2.22. The Labute approximate surface area is 106 Å². The maximum Gasteiger partial charge on any atom is 0.257 e. The highest BCUT2D eigenvalue weighted by Gasteiger charge is 2.34. The molecule has 4 nitrogen and oxygen atoms in total. The van der Waals surface area contributed by atoms with Gasteiger partial charge in [0.05, 0.1) is 11.8 Å². The SMILES string of the molecule is CC1CN(C(=O)c2ccncc2F)CC1N(C)C. The summed E-state index contributed by atoms with van der Waals surface area (Å²) in [6.45, 7) is 3.43. The molecule has 1 amide bonds. The average Bonchev–Trinajstić information content (AvgIpc) is 2.71. The summed E-state index contributed by atoms with van der Waals surface area (Å²) in [6.07, 6.45) is 2.52. The largest absolute Gasteiger partial charge is 0.337 e. The van der Waals surface area contributed by atoms with Crippen molar-refractivity contribution in [2.24, 2.45) is 5.92 Å². The Hall–Kier alpha value is -1.49. The number of halogens is 1. The minimum Gasteiger partial charge on any atom is -0.337 e. The molecular formula is C13H18FN3O. The molecule has 2 unspecified atom stereocenters. The zero-order valence-corrected chi connectivity index (χ0v) is 10.9. The monoisotopic (exact) mass is 251 g/mol. The van der Waals surface area contributed by atoms with Crippen LogP contribution < -0.4 is 0 Å². The van der Waals surface area contributed by atoms with Gasteiger partial charge < -0.3 is 9.80 Å². The van der Waals surface area contributed by atoms with Crippen molar-refractivity contribution >= 4 is 5.91 Å². The van der Waals surface area contributed by atoms with Gasteiger partial charge in [-0.3, -0.25) is 9.78 Å². The minimum atomic E-state index is -0.552. The first-order valence-electron chi connectivity index (χ1n) is 6.06. The molecule has 18 heavy (non-hydrogen) atoms. The van der Waals surface area contributed by atoms with Crippen LogP contribution in [0.1, 0.15) is 17.3 Å². The first-order valence-corrected chi connectivity index (χ1v) is 6.06. The van der Waals surface area contributed by atoms with Gasteiger partial charge >= 0.3 is 0 Å². The number of aromatic nitrogens is 1. The third-order valence-electron chi connectivity index (χ3n) is 3.53. The number of hydrogen-bond acceptors (Lipinski definition) is 3. The van der Waals surface area contributed by atoms with E-state index in [0.717, 1.165) is 6.20 Å². The Bertz CT molecular complexity index is 450. The van der Waals surface area contributed by atoms with Crippen LogP contribution in [0.15, 0.2) is 18.5 Å². The quantitative estimate of drug-likeness (QED) is 0.793. The molecule has 1 aromatic rings. The van der Waals surface area contributed by atoms with Crippen LogP contribution in [0.25, 0.3) is 0 Å². The van der Waals surface area contributed by atoms with Crippen LogP contribution in [0.4, 0.5) is 4.39 Å². The molecule has 1 saturated heterocycles. The third-order valence-corrected chi connectivity index (χ3v) is 3.53. The first kappa shape index (κ1) is 13.0. The fraction of sp³-hybridized carbons (Fsp3) is 0.538. The van der Waals surface area contributed by atoms with Crippen LogP contribution >= 0.6 is 0 Å². The third kappa shape index (κ3) is 2.36. The van der Waals surface area contributed by atoms with Gasteiger partial charge in [-0.2, -0.15) is 0 Å². The molecule has 1 aliphatic rings. The number of likely N-dealkylation sites (tertiary alicyclic amines) is 1. The molecule has 1 aliphatic heterocycles. The van der Waals surface area contributed by atoms with Crippen molar-refractivity contribution in [2.75, 3.05) is 27.2 Å². The molecule has 0 radical (unpaired) electrons. The van der Waals surface area contributed by atoms with Crippen molar-refractivity contribution in [1.82, 2.24) is 14.8 Å². The lowest BCUT2D eigenvalue weighted by Crippen LogP contribution is -2.36. The molecule has 2 atom stereocenters. The van der Waals surface area contributed by atoms with E-state index in [9.17, 15) is 9.18 Å². The molecule has 2 rings (SSSR count). The maximum atomic E-state index is 13.5. The standard InChI is InChI=1S/C13H18FN3O/c1-9-7-17(8-12(9)16(2)3)13(18)10-4-5-15-6-11(10)14/h4-6,9,12H,7-8H2,1-3H3. The number of hydrogen-bond donors (Lipinski definition) is 0. The molecule has 0 N–H and O–H groups in total. The van der Waals surface area contributed by atoms with Gasteiger partial charge in [-0.05, 0) is 26.1 Å². The molecule has 1 aromatic heterocycles. The van der Waals surface area contributed by atoms with E-state index in [1.54, 1.807) is 4.90 Å². The second-order valence-electron chi connectivity index (χ2n) is 5.07. The number of carbonyl (C=O) groups is 1. The van der Waals surface area contributed by atoms with E-state index in [1.807, 2.05) is 14.1 Å². The van der Waals surface area contributed by atoms with E-state index < -0.39 is 5.82 Å². The van der Waals surface area contributed by atoms with Gasteiger partial charge in [0.1, 0.15) is 0 Å². The van der Waals surface area contributed by atoms with Crippen LogP contribution in [0.3, 0.4) is 0 Å². The van der Waals surface area contributed by atoms with Crippen molar-refractivity contribution < 1.29 is 9.18 Å². The van der Waals surface area contributed by atoms with E-state index in [-0.39, 0.29) is 11.5 Å². The maximum absolute atomic E-state index is 13.5. The minimum absolute atomic E-state index is 0.108. The van der Waals surface area contributed by atoms with Gasteiger partial charge in [0, 0.05) is 25.3 Å². The Morgan fingerprint density at radius 3 is 2.78 bits per heavy atom. The average molecular weight is 251 g/mol. The second kappa shape index (κ2) is 5.02. The highest BCUT2D eigenvalue weighted by Crippen LogP contribution is 2.22. The Morgan fingerprint density at radius 1 is 1.50 bits per heavy atom. The molecule has 0 spiro atoms. The Morgan fingerprint density at radius 2 is 2.22 bits per heavy atom. The van der Waals surface area contributed by atoms with E-state index >= 15 is 0 Å². The van der Waals surface area contributed by atoms with Gasteiger partial charge in [-0.25, -0.2) is 4.39 Å². The number of amides is 1. The molecule has 5 heteroatoms. The predicted molar refractivity (Wildman–Crippen MR) is 66.7 cm³/mol. The highest BCUT2D eigenvalue weighted by molar-refractivity contribution is 5.94. The summed E-state index contributed by atoms with van der Waals surface area (Å²) in [5, 5.41) is 0. The molecule has 0 bridgehead atoms. The summed E-state index contributed by atoms with van der Waals surface area (Å²) < 4.78 is 13.5. The molecule has 98 valence electrons. The Kier molecular flexibility index (Phi) is 3.61. The normalized spacial score (nSPS) is 23.7. The van der Waals surface area contributed by atoms with Crippen LogP contribution in [-0.2, 0) is 0 Å². The second-order valence-corrected chi connectivity index (χ2v) is 5.07. The lowest BCUT2D eigenvalue weighted by atomic mass is 10.1. The summed E-state index contributed by atoms with van der Waals surface area (Å²) in [6, 6.07) is 1.77. The predicted octanol–water partition coefficient (Wildman–Crippen LogP) is 1.24. The van der Waals surface area contributed by atoms with Crippen molar-refractivity contribution in [3.8, 4) is 0 Å². The van der Waals surface area contributed by atoms with Gasteiger partial charge in [-0.15, -0.1) is 0 Å². The van der Waals surface area contributed by atoms with Crippen LogP contribution in [0.5, 0.6) is 0 Å². The summed E-state index contributed by atoms with van der Waals surface area (Å²) >= 11 is 0. The molecule has 0 aromatic carbocycles. The highest BCUT2D eigenvalue weighted by atomic mass is 19.1. The summed E-state index contributed by atoms with van der Waals surface area (Å²) in [7, 11) is 4.00. The molecule has 0 saturated carbocycles. The van der Waals surface area contributed by atoms with E-state index in [1.165, 1.54) is 12.3 Å². The molecular weight excluding hydrogens is 233 g/mol. The smallest absolute Gasteiger partial charge is 0.257 e. The van der Waals surface area contributed by atoms with Gasteiger partial charge in [0.2, 0.25) is 0 Å². The lowest BCUT2D eigenvalue weighted by molar-refractivity contribution is 0.0776. The van der Waals surface area contributed by atoms with Crippen LogP contribution in [0.2, 0.25) is 0 Å². The van der Waals surface area contributed by atoms with Crippen molar-refractivity contribution in [3.63, 3.8) is 0 Å². The van der Waals surface area contributed by atoms with Crippen LogP contribution in [0, 0.1) is 11.7 Å². The Balaban J connectivity index is 2.15. The van der Waals surface area contributed by atoms with Gasteiger partial charge in [-0.1, -0.05) is 6.92 Å². The van der Waals surface area contributed by atoms with Crippen molar-refractivity contribution in [3.05, 3.63) is 29.8 Å². The van der Waals surface area contributed by atoms with Crippen LogP contribution in [-0.4, -0.2) is 53.9 Å². The summed E-state index contributed by atoms with van der Waals surface area (Å²) in [5.41, 5.74) is 0.108. The number of nitrogens with zero attached hydrogens (tertiary/aromatic N) is 3. The number of carbonyl (C=O) groups excluding carboxylic acids is 1. The van der Waals surface area contributed by atoms with Crippen molar-refractivity contribution in [1.29, 1.82) is 0 Å². The number of pyridine rings is 1.